The van der Waals surface area contributed by atoms with E-state index in [1.54, 1.807) is 0 Å². The molecule has 0 aromatic carbocycles. The summed E-state index contributed by atoms with van der Waals surface area (Å²) in [5.74, 6) is -2.02. The number of unbranched alkanes of at least 4 members (excludes halogenated alkanes) is 15. The van der Waals surface area contributed by atoms with E-state index < -0.39 is 71.2 Å². The van der Waals surface area contributed by atoms with E-state index in [4.69, 9.17) is 18.9 Å². The Morgan fingerprint density at radius 3 is 1.57 bits per heavy atom. The SMILES string of the molecule is CC/C=C\C/C=C\C/C=C\CCCCCCCC(=O)OC(COC(=O)CCCCCCCCC/C=C\C/C=C\CCCCC)COC1OC(CS(=O)(=O)O)C(O)C(O)C1O. The highest BCUT2D eigenvalue weighted by Gasteiger charge is 2.46. The molecule has 0 bridgehead atoms. The molecular weight excluding hydrogens is 789 g/mol. The number of ether oxygens (including phenoxy) is 4. The lowest BCUT2D eigenvalue weighted by Crippen LogP contribution is -2.60. The van der Waals surface area contributed by atoms with Crippen molar-refractivity contribution < 1.29 is 56.8 Å². The van der Waals surface area contributed by atoms with Gasteiger partial charge < -0.3 is 34.3 Å². The maximum absolute atomic E-state index is 12.8. The van der Waals surface area contributed by atoms with Crippen LogP contribution >= 0.6 is 0 Å². The summed E-state index contributed by atoms with van der Waals surface area (Å²) in [4.78, 5) is 25.4. The average molecular weight is 869 g/mol. The molecule has 6 atom stereocenters. The van der Waals surface area contributed by atoms with Gasteiger partial charge >= 0.3 is 11.9 Å². The first-order valence-corrected chi connectivity index (χ1v) is 24.5. The van der Waals surface area contributed by atoms with Crippen LogP contribution in [0.2, 0.25) is 0 Å². The smallest absolute Gasteiger partial charge is 0.306 e. The highest BCUT2D eigenvalue weighted by Crippen LogP contribution is 2.24. The Hall–Kier alpha value is -2.65. The first-order valence-electron chi connectivity index (χ1n) is 22.8. The summed E-state index contributed by atoms with van der Waals surface area (Å²) < 4.78 is 54.0. The highest BCUT2D eigenvalue weighted by atomic mass is 32.2. The van der Waals surface area contributed by atoms with E-state index in [0.717, 1.165) is 89.9 Å². The van der Waals surface area contributed by atoms with Gasteiger partial charge in [0.05, 0.1) is 6.61 Å². The molecule has 6 unspecified atom stereocenters. The topological polar surface area (TPSA) is 186 Å². The minimum atomic E-state index is -4.61. The lowest BCUT2D eigenvalue weighted by molar-refractivity contribution is -0.297. The third-order valence-electron chi connectivity index (χ3n) is 10.1. The van der Waals surface area contributed by atoms with Crippen molar-refractivity contribution in [1.82, 2.24) is 0 Å². The van der Waals surface area contributed by atoms with Crippen molar-refractivity contribution >= 4 is 22.1 Å². The molecule has 0 aromatic heterocycles. The van der Waals surface area contributed by atoms with Crippen molar-refractivity contribution in [2.45, 2.75) is 205 Å². The lowest BCUT2D eigenvalue weighted by atomic mass is 10.00. The number of aliphatic hydroxyl groups is 3. The van der Waals surface area contributed by atoms with Gasteiger partial charge in [-0.3, -0.25) is 14.1 Å². The van der Waals surface area contributed by atoms with Gasteiger partial charge in [-0.25, -0.2) is 0 Å². The van der Waals surface area contributed by atoms with Crippen LogP contribution in [0, 0.1) is 0 Å². The molecule has 0 aliphatic carbocycles. The number of hydrogen-bond acceptors (Lipinski definition) is 11. The van der Waals surface area contributed by atoms with Gasteiger partial charge in [0, 0.05) is 12.8 Å². The van der Waals surface area contributed by atoms with Crippen LogP contribution < -0.4 is 0 Å². The Kier molecular flexibility index (Phi) is 34.1. The van der Waals surface area contributed by atoms with Crippen molar-refractivity contribution in [2.75, 3.05) is 19.0 Å². The summed E-state index contributed by atoms with van der Waals surface area (Å²) in [6, 6.07) is 0. The van der Waals surface area contributed by atoms with E-state index in [2.05, 4.69) is 74.6 Å². The summed E-state index contributed by atoms with van der Waals surface area (Å²) in [6.45, 7) is 3.59. The molecule has 0 aromatic rings. The number of carbonyl (C=O) groups is 2. The summed E-state index contributed by atoms with van der Waals surface area (Å²) in [5.41, 5.74) is 0. The zero-order valence-corrected chi connectivity index (χ0v) is 37.6. The van der Waals surface area contributed by atoms with Gasteiger partial charge in [-0.05, 0) is 77.0 Å². The minimum Gasteiger partial charge on any atom is -0.462 e. The monoisotopic (exact) mass is 869 g/mol. The fourth-order valence-corrected chi connectivity index (χ4v) is 7.23. The Labute approximate surface area is 362 Å². The van der Waals surface area contributed by atoms with Crippen LogP contribution in [-0.2, 0) is 38.7 Å². The van der Waals surface area contributed by atoms with Gasteiger partial charge in [0.1, 0.15) is 36.8 Å². The van der Waals surface area contributed by atoms with Crippen molar-refractivity contribution in [3.8, 4) is 0 Å². The quantitative estimate of drug-likeness (QED) is 0.0201. The molecule has 12 nitrogen and oxygen atoms in total. The molecule has 0 amide bonds. The van der Waals surface area contributed by atoms with Crippen LogP contribution in [0.5, 0.6) is 0 Å². The third-order valence-corrected chi connectivity index (χ3v) is 10.8. The first kappa shape index (κ1) is 55.4. The average Bonchev–Trinajstić information content (AvgIpc) is 3.21. The number of carbonyl (C=O) groups excluding carboxylic acids is 2. The van der Waals surface area contributed by atoms with Gasteiger partial charge in [-0.1, -0.05) is 139 Å². The Morgan fingerprint density at radius 2 is 1.05 bits per heavy atom. The summed E-state index contributed by atoms with van der Waals surface area (Å²) in [6.07, 6.45) is 35.4. The molecule has 1 heterocycles. The van der Waals surface area contributed by atoms with Crippen molar-refractivity contribution in [2.24, 2.45) is 0 Å². The van der Waals surface area contributed by atoms with E-state index in [9.17, 15) is 37.9 Å². The second-order valence-corrected chi connectivity index (χ2v) is 17.2. The summed E-state index contributed by atoms with van der Waals surface area (Å²) in [7, 11) is -4.61. The maximum Gasteiger partial charge on any atom is 0.306 e. The lowest BCUT2D eigenvalue weighted by Gasteiger charge is -2.40. The van der Waals surface area contributed by atoms with E-state index >= 15 is 0 Å². The summed E-state index contributed by atoms with van der Waals surface area (Å²) in [5, 5.41) is 30.9. The van der Waals surface area contributed by atoms with Gasteiger partial charge in [0.2, 0.25) is 0 Å². The van der Waals surface area contributed by atoms with E-state index in [-0.39, 0.29) is 19.4 Å². The van der Waals surface area contributed by atoms with E-state index in [1.165, 1.54) is 38.5 Å². The molecular formula is C47H80O12S. The Bertz CT molecular complexity index is 1340. The third kappa shape index (κ3) is 31.2. The molecule has 1 saturated heterocycles. The van der Waals surface area contributed by atoms with Crippen LogP contribution in [0.3, 0.4) is 0 Å². The highest BCUT2D eigenvalue weighted by molar-refractivity contribution is 7.85. The predicted octanol–water partition coefficient (Wildman–Crippen LogP) is 9.34. The largest absolute Gasteiger partial charge is 0.462 e. The molecule has 1 rings (SSSR count). The number of hydrogen-bond donors (Lipinski definition) is 4. The normalized spacial score (nSPS) is 20.7. The van der Waals surface area contributed by atoms with Crippen LogP contribution in [0.1, 0.15) is 168 Å². The predicted molar refractivity (Wildman–Crippen MR) is 238 cm³/mol. The molecule has 1 fully saturated rings. The van der Waals surface area contributed by atoms with Crippen LogP contribution in [0.25, 0.3) is 0 Å². The molecule has 1 aliphatic rings. The van der Waals surface area contributed by atoms with E-state index in [1.807, 2.05) is 0 Å². The van der Waals surface area contributed by atoms with Gasteiger partial charge in [-0.2, -0.15) is 8.42 Å². The second-order valence-electron chi connectivity index (χ2n) is 15.7. The van der Waals surface area contributed by atoms with Crippen LogP contribution in [-0.4, -0.2) is 96.0 Å². The fraction of sp³-hybridized carbons (Fsp3) is 0.745. The zero-order valence-electron chi connectivity index (χ0n) is 36.8. The number of allylic oxidation sites excluding steroid dienone is 10. The number of rotatable bonds is 37. The fourth-order valence-electron chi connectivity index (χ4n) is 6.54. The second kappa shape index (κ2) is 37.0. The van der Waals surface area contributed by atoms with Gasteiger partial charge in [0.25, 0.3) is 10.1 Å². The molecule has 13 heteroatoms. The molecule has 0 spiro atoms. The van der Waals surface area contributed by atoms with Gasteiger partial charge in [-0.15, -0.1) is 0 Å². The zero-order chi connectivity index (χ0) is 44.1. The Balaban J connectivity index is 2.46. The number of esters is 2. The Morgan fingerprint density at radius 1 is 0.583 bits per heavy atom. The van der Waals surface area contributed by atoms with Crippen molar-refractivity contribution in [1.29, 1.82) is 0 Å². The maximum atomic E-state index is 12.8. The standard InChI is InChI=1S/C47H80O12S/c1-3-5-7-9-11-13-15-17-19-20-22-23-25-27-29-31-33-35-42(48)56-37-40(38-57-47-46(52)45(51)44(50)41(59-47)39-60(53,54)55)58-43(49)36-34-32-30-28-26-24-21-18-16-14-12-10-8-6-4-2/h6,8,11-14,17-19,21,40-41,44-47,50-52H,3-5,7,9-10,15-16,20,22-39H2,1-2H3,(H,53,54,55)/b8-6-,13-11-,14-12-,19-17-,21-18-. The first-order chi connectivity index (χ1) is 29.0. The molecule has 1 aliphatic heterocycles. The van der Waals surface area contributed by atoms with Crippen molar-refractivity contribution in [3.63, 3.8) is 0 Å². The minimum absolute atomic E-state index is 0.140. The van der Waals surface area contributed by atoms with Crippen LogP contribution in [0.15, 0.2) is 60.8 Å². The molecule has 0 saturated carbocycles. The molecule has 60 heavy (non-hydrogen) atoms. The van der Waals surface area contributed by atoms with Gasteiger partial charge in [0.15, 0.2) is 12.4 Å². The van der Waals surface area contributed by atoms with Crippen LogP contribution in [0.4, 0.5) is 0 Å². The molecule has 4 N–H and O–H groups in total. The van der Waals surface area contributed by atoms with Crippen molar-refractivity contribution in [3.05, 3.63) is 60.8 Å². The summed E-state index contributed by atoms with van der Waals surface area (Å²) >= 11 is 0. The van der Waals surface area contributed by atoms with E-state index in [0.29, 0.717) is 12.8 Å². The number of aliphatic hydroxyl groups excluding tert-OH is 3. The molecule has 0 radical (unpaired) electrons. The molecule has 346 valence electrons.